The molecule has 1 atom stereocenters. The third-order valence-corrected chi connectivity index (χ3v) is 8.25. The van der Waals surface area contributed by atoms with Crippen LogP contribution in [0.2, 0.25) is 0 Å². The zero-order chi connectivity index (χ0) is 28.4. The quantitative estimate of drug-likeness (QED) is 0.248. The van der Waals surface area contributed by atoms with Crippen LogP contribution in [0.4, 0.5) is 13.6 Å². The first kappa shape index (κ1) is 29.0. The van der Waals surface area contributed by atoms with Crippen molar-refractivity contribution in [1.82, 2.24) is 15.1 Å². The molecule has 3 fully saturated rings. The van der Waals surface area contributed by atoms with Gasteiger partial charge in [0, 0.05) is 24.5 Å². The molecule has 3 saturated heterocycles. The summed E-state index contributed by atoms with van der Waals surface area (Å²) in [5.74, 6) is -4.29. The number of amides is 2. The highest BCUT2D eigenvalue weighted by atomic mass is 19.3. The van der Waals surface area contributed by atoms with Crippen LogP contribution in [0.15, 0.2) is 42.0 Å². The first-order chi connectivity index (χ1) is 18.4. The van der Waals surface area contributed by atoms with E-state index < -0.39 is 48.6 Å². The molecule has 4 rings (SSSR count). The SMILES string of the molecule is CC(C)(/C=C(\C#N)C(=O)N1C2CCC1(COC(=O)N[C@@H](Cc1ccccc1)B(O)O)CC2)N1CCC(F)(F)C1. The van der Waals surface area contributed by atoms with Crippen LogP contribution in [0.1, 0.15) is 51.5 Å². The first-order valence-electron chi connectivity index (χ1n) is 13.3. The largest absolute Gasteiger partial charge is 0.475 e. The standard InChI is InChI=1S/C27H35BF2N4O5/c1-25(2,33-13-12-27(29,30)17-33)15-20(16-31)23(35)34-21-8-10-26(34,11-9-21)18-39-24(36)32-22(28(37)38)14-19-6-4-3-5-7-19/h3-7,15,21-22,37-38H,8-14,17-18H2,1-2H3,(H,32,36)/b20-15+/t21?,22-,26?/m0/s1. The van der Waals surface area contributed by atoms with Crippen LogP contribution in [-0.4, -0.2) is 87.6 Å². The van der Waals surface area contributed by atoms with Crippen LogP contribution in [0, 0.1) is 11.3 Å². The summed E-state index contributed by atoms with van der Waals surface area (Å²) >= 11 is 0. The summed E-state index contributed by atoms with van der Waals surface area (Å²) in [5, 5.41) is 31.9. The molecule has 0 aromatic heterocycles. The molecule has 39 heavy (non-hydrogen) atoms. The van der Waals surface area contributed by atoms with Crippen molar-refractivity contribution in [2.45, 2.75) is 81.4 Å². The van der Waals surface area contributed by atoms with Crippen molar-refractivity contribution in [2.24, 2.45) is 0 Å². The number of likely N-dealkylation sites (tertiary alicyclic amines) is 1. The Morgan fingerprint density at radius 1 is 1.26 bits per heavy atom. The van der Waals surface area contributed by atoms with Crippen LogP contribution >= 0.6 is 0 Å². The highest BCUT2D eigenvalue weighted by Crippen LogP contribution is 2.47. The lowest BCUT2D eigenvalue weighted by atomic mass is 9.76. The van der Waals surface area contributed by atoms with Gasteiger partial charge in [-0.2, -0.15) is 5.26 Å². The fourth-order valence-corrected chi connectivity index (χ4v) is 6.06. The molecule has 210 valence electrons. The molecule has 3 N–H and O–H groups in total. The molecule has 9 nitrogen and oxygen atoms in total. The van der Waals surface area contributed by atoms with E-state index in [-0.39, 0.29) is 37.6 Å². The molecule has 2 bridgehead atoms. The van der Waals surface area contributed by atoms with Gasteiger partial charge in [0.15, 0.2) is 0 Å². The van der Waals surface area contributed by atoms with Crippen molar-refractivity contribution in [1.29, 1.82) is 5.26 Å². The Balaban J connectivity index is 1.43. The Bertz CT molecular complexity index is 1130. The number of fused-ring (bicyclic) bond motifs is 2. The molecule has 3 heterocycles. The zero-order valence-corrected chi connectivity index (χ0v) is 22.3. The van der Waals surface area contributed by atoms with Crippen LogP contribution in [0.25, 0.3) is 0 Å². The lowest BCUT2D eigenvalue weighted by Crippen LogP contribution is -2.52. The molecule has 12 heteroatoms. The van der Waals surface area contributed by atoms with Gasteiger partial charge in [-0.1, -0.05) is 30.3 Å². The summed E-state index contributed by atoms with van der Waals surface area (Å²) < 4.78 is 33.1. The number of nitrogens with one attached hydrogen (secondary N) is 1. The number of halogens is 2. The third-order valence-electron chi connectivity index (χ3n) is 8.25. The van der Waals surface area contributed by atoms with Crippen molar-refractivity contribution in [3.63, 3.8) is 0 Å². The second-order valence-electron chi connectivity index (χ2n) is 11.4. The molecule has 1 aromatic carbocycles. The van der Waals surface area contributed by atoms with Crippen molar-refractivity contribution >= 4 is 19.1 Å². The molecule has 0 aliphatic carbocycles. The molecule has 1 aromatic rings. The Kier molecular flexibility index (Phi) is 8.35. The van der Waals surface area contributed by atoms with E-state index in [4.69, 9.17) is 4.74 Å². The minimum atomic E-state index is -2.80. The number of carbonyl (C=O) groups excluding carboxylic acids is 2. The van der Waals surface area contributed by atoms with Gasteiger partial charge in [0.1, 0.15) is 18.2 Å². The average Bonchev–Trinajstić information content (AvgIpc) is 3.57. The van der Waals surface area contributed by atoms with Gasteiger partial charge in [-0.05, 0) is 57.6 Å². The summed E-state index contributed by atoms with van der Waals surface area (Å²) in [6, 6.07) is 10.9. The second-order valence-corrected chi connectivity index (χ2v) is 11.4. The summed E-state index contributed by atoms with van der Waals surface area (Å²) in [7, 11) is -1.81. The van der Waals surface area contributed by atoms with Crippen LogP contribution in [0.5, 0.6) is 0 Å². The Labute approximate surface area is 227 Å². The van der Waals surface area contributed by atoms with Gasteiger partial charge in [-0.3, -0.25) is 9.69 Å². The van der Waals surface area contributed by atoms with E-state index >= 15 is 0 Å². The maximum Gasteiger partial charge on any atom is 0.475 e. The molecule has 2 amide bonds. The number of hydrogen-bond donors (Lipinski definition) is 3. The molecule has 3 aliphatic rings. The van der Waals surface area contributed by atoms with E-state index in [0.717, 1.165) is 5.56 Å². The first-order valence-corrected chi connectivity index (χ1v) is 13.3. The van der Waals surface area contributed by atoms with Crippen molar-refractivity contribution < 1.29 is 33.2 Å². The van der Waals surface area contributed by atoms with Gasteiger partial charge in [-0.15, -0.1) is 0 Å². The smallest absolute Gasteiger partial charge is 0.447 e. The lowest BCUT2D eigenvalue weighted by molar-refractivity contribution is -0.132. The maximum absolute atomic E-state index is 13.8. The fraction of sp³-hybridized carbons (Fsp3) is 0.593. The van der Waals surface area contributed by atoms with E-state index in [9.17, 15) is 33.7 Å². The van der Waals surface area contributed by atoms with Gasteiger partial charge in [0.2, 0.25) is 0 Å². The number of nitriles is 1. The van der Waals surface area contributed by atoms with Gasteiger partial charge < -0.3 is 25.0 Å². The maximum atomic E-state index is 13.8. The van der Waals surface area contributed by atoms with E-state index in [1.54, 1.807) is 47.9 Å². The number of benzene rings is 1. The Hall–Kier alpha value is -3.01. The number of alkyl halides is 2. The molecule has 0 radical (unpaired) electrons. The van der Waals surface area contributed by atoms with Gasteiger partial charge in [0.05, 0.1) is 18.0 Å². The number of hydrogen-bond acceptors (Lipinski definition) is 7. The summed E-state index contributed by atoms with van der Waals surface area (Å²) in [6.07, 6.45) is 3.11. The average molecular weight is 544 g/mol. The molecule has 0 unspecified atom stereocenters. The van der Waals surface area contributed by atoms with E-state index in [2.05, 4.69) is 5.32 Å². The normalized spacial score (nSPS) is 25.3. The number of ether oxygens (including phenoxy) is 1. The lowest BCUT2D eigenvalue weighted by Gasteiger charge is -2.36. The van der Waals surface area contributed by atoms with Crippen LogP contribution in [0.3, 0.4) is 0 Å². The van der Waals surface area contributed by atoms with E-state index in [1.807, 2.05) is 12.1 Å². The van der Waals surface area contributed by atoms with Gasteiger partial charge in [-0.25, -0.2) is 13.6 Å². The molecular formula is C27H35BF2N4O5. The summed E-state index contributed by atoms with van der Waals surface area (Å²) in [5.41, 5.74) is -1.03. The van der Waals surface area contributed by atoms with Gasteiger partial charge in [0.25, 0.3) is 11.8 Å². The van der Waals surface area contributed by atoms with Crippen molar-refractivity contribution in [3.05, 3.63) is 47.5 Å². The Morgan fingerprint density at radius 2 is 1.92 bits per heavy atom. The second kappa shape index (κ2) is 11.2. The predicted molar refractivity (Wildman–Crippen MR) is 139 cm³/mol. The third kappa shape index (κ3) is 6.43. The topological polar surface area (TPSA) is 126 Å². The predicted octanol–water partition coefficient (Wildman–Crippen LogP) is 2.43. The van der Waals surface area contributed by atoms with Crippen molar-refractivity contribution in [3.8, 4) is 6.07 Å². The van der Waals surface area contributed by atoms with Crippen molar-refractivity contribution in [2.75, 3.05) is 19.7 Å². The molecule has 0 spiro atoms. The number of carbonyl (C=O) groups is 2. The minimum absolute atomic E-state index is 0.106. The molecule has 0 saturated carbocycles. The zero-order valence-electron chi connectivity index (χ0n) is 22.3. The highest BCUT2D eigenvalue weighted by molar-refractivity contribution is 6.43. The van der Waals surface area contributed by atoms with Crippen LogP contribution in [-0.2, 0) is 16.0 Å². The summed E-state index contributed by atoms with van der Waals surface area (Å²) in [6.45, 7) is 3.04. The monoisotopic (exact) mass is 544 g/mol. The van der Waals surface area contributed by atoms with Gasteiger partial charge >= 0.3 is 13.2 Å². The van der Waals surface area contributed by atoms with Crippen LogP contribution < -0.4 is 5.32 Å². The molecule has 3 aliphatic heterocycles. The highest BCUT2D eigenvalue weighted by Gasteiger charge is 2.55. The minimum Gasteiger partial charge on any atom is -0.447 e. The summed E-state index contributed by atoms with van der Waals surface area (Å²) in [4.78, 5) is 29.5. The van der Waals surface area contributed by atoms with E-state index in [0.29, 0.717) is 25.7 Å². The molecular weight excluding hydrogens is 509 g/mol. The number of nitrogens with zero attached hydrogens (tertiary/aromatic N) is 3. The Morgan fingerprint density at radius 3 is 2.49 bits per heavy atom. The number of rotatable bonds is 9. The number of alkyl carbamates (subject to hydrolysis) is 1. The van der Waals surface area contributed by atoms with E-state index in [1.165, 1.54) is 6.08 Å². The fourth-order valence-electron chi connectivity index (χ4n) is 6.06.